The highest BCUT2D eigenvalue weighted by Gasteiger charge is 2.38. The highest BCUT2D eigenvalue weighted by Crippen LogP contribution is 2.33. The Hall–Kier alpha value is -1.99. The minimum absolute atomic E-state index is 0.255. The van der Waals surface area contributed by atoms with Gasteiger partial charge in [0.05, 0.1) is 0 Å². The zero-order valence-corrected chi connectivity index (χ0v) is 20.4. The van der Waals surface area contributed by atoms with Crippen LogP contribution in [-0.4, -0.2) is 70.0 Å². The number of nitrogens with zero attached hydrogens (tertiary/aromatic N) is 4. The number of hydrogen-bond acceptors (Lipinski definition) is 6. The van der Waals surface area contributed by atoms with Crippen LogP contribution in [0.15, 0.2) is 22.8 Å². The van der Waals surface area contributed by atoms with Gasteiger partial charge in [-0.2, -0.15) is 0 Å². The average molecular weight is 469 g/mol. The topological polar surface area (TPSA) is 82.7 Å². The summed E-state index contributed by atoms with van der Waals surface area (Å²) in [5.74, 6) is 1.20. The van der Waals surface area contributed by atoms with Crippen molar-refractivity contribution < 1.29 is 14.5 Å². The molecule has 2 aromatic rings. The predicted molar refractivity (Wildman–Crippen MR) is 132 cm³/mol. The summed E-state index contributed by atoms with van der Waals surface area (Å²) < 4.78 is 4.89. The van der Waals surface area contributed by atoms with Gasteiger partial charge in [0.15, 0.2) is 0 Å². The van der Waals surface area contributed by atoms with E-state index in [2.05, 4.69) is 26.2 Å². The fraction of sp³-hybridized carbons (Fsp3) is 0.741. The lowest BCUT2D eigenvalue weighted by molar-refractivity contribution is -0.145. The molecule has 0 amide bonds. The summed E-state index contributed by atoms with van der Waals surface area (Å²) in [7, 11) is 0. The molecule has 1 aromatic carbocycles. The van der Waals surface area contributed by atoms with E-state index in [4.69, 9.17) is 4.63 Å². The molecule has 186 valence electrons. The minimum Gasteiger partial charge on any atom is -0.480 e. The van der Waals surface area contributed by atoms with E-state index >= 15 is 0 Å². The molecule has 1 saturated carbocycles. The summed E-state index contributed by atoms with van der Waals surface area (Å²) in [5, 5.41) is 18.0. The number of carboxylic acids is 1. The monoisotopic (exact) mass is 468 g/mol. The fourth-order valence-corrected chi connectivity index (χ4v) is 6.84. The molecule has 1 aliphatic carbocycles. The van der Waals surface area contributed by atoms with Gasteiger partial charge in [0, 0.05) is 13.1 Å². The first-order valence-electron chi connectivity index (χ1n) is 13.6. The molecule has 2 atom stereocenters. The number of benzene rings is 1. The van der Waals surface area contributed by atoms with Crippen molar-refractivity contribution in [1.29, 1.82) is 0 Å². The maximum Gasteiger partial charge on any atom is 0.321 e. The number of aliphatic carboxylic acids is 1. The first kappa shape index (κ1) is 23.7. The second-order valence-electron chi connectivity index (χ2n) is 11.0. The molecule has 3 fully saturated rings. The number of fused-ring (bicyclic) bond motifs is 1. The molecule has 3 aliphatic rings. The van der Waals surface area contributed by atoms with Crippen molar-refractivity contribution in [3.05, 3.63) is 23.8 Å². The smallest absolute Gasteiger partial charge is 0.321 e. The zero-order chi connectivity index (χ0) is 23.3. The molecule has 2 aliphatic heterocycles. The highest BCUT2D eigenvalue weighted by molar-refractivity contribution is 5.76. The summed E-state index contributed by atoms with van der Waals surface area (Å²) in [6.45, 7) is 5.45. The molecule has 7 nitrogen and oxygen atoms in total. The third-order valence-corrected chi connectivity index (χ3v) is 8.71. The molecule has 1 aromatic heterocycles. The van der Waals surface area contributed by atoms with Crippen LogP contribution >= 0.6 is 0 Å². The van der Waals surface area contributed by atoms with E-state index in [1.807, 2.05) is 12.1 Å². The highest BCUT2D eigenvalue weighted by atomic mass is 16.6. The maximum absolute atomic E-state index is 12.1. The Kier molecular flexibility index (Phi) is 7.80. The third-order valence-electron chi connectivity index (χ3n) is 8.71. The van der Waals surface area contributed by atoms with Gasteiger partial charge in [0.25, 0.3) is 0 Å². The van der Waals surface area contributed by atoms with Crippen LogP contribution < -0.4 is 0 Å². The van der Waals surface area contributed by atoms with Gasteiger partial charge in [-0.1, -0.05) is 37.8 Å². The van der Waals surface area contributed by atoms with Crippen molar-refractivity contribution in [2.45, 2.75) is 76.7 Å². The molecular weight excluding hydrogens is 428 g/mol. The van der Waals surface area contributed by atoms with E-state index in [0.717, 1.165) is 62.3 Å². The van der Waals surface area contributed by atoms with Crippen LogP contribution in [0.2, 0.25) is 0 Å². The van der Waals surface area contributed by atoms with Gasteiger partial charge in [-0.3, -0.25) is 9.69 Å². The van der Waals surface area contributed by atoms with Crippen molar-refractivity contribution in [2.75, 3.05) is 32.7 Å². The van der Waals surface area contributed by atoms with Crippen LogP contribution in [0.25, 0.3) is 11.0 Å². The lowest BCUT2D eigenvalue weighted by Gasteiger charge is -2.35. The lowest BCUT2D eigenvalue weighted by atomic mass is 9.83. The molecule has 34 heavy (non-hydrogen) atoms. The number of hydrogen-bond donors (Lipinski definition) is 1. The molecule has 2 unspecified atom stereocenters. The minimum atomic E-state index is -0.593. The second-order valence-corrected chi connectivity index (χ2v) is 11.0. The van der Waals surface area contributed by atoms with Gasteiger partial charge in [-0.05, 0) is 104 Å². The molecule has 0 radical (unpaired) electrons. The molecule has 5 rings (SSSR count). The van der Waals surface area contributed by atoms with Crippen LogP contribution in [0.3, 0.4) is 0 Å². The van der Waals surface area contributed by atoms with E-state index in [1.54, 1.807) is 0 Å². The molecule has 1 N–H and O–H groups in total. The lowest BCUT2D eigenvalue weighted by Crippen LogP contribution is -2.46. The van der Waals surface area contributed by atoms with Crippen molar-refractivity contribution in [3.63, 3.8) is 0 Å². The number of piperidine rings is 1. The summed E-state index contributed by atoms with van der Waals surface area (Å²) in [6, 6.07) is 5.88. The van der Waals surface area contributed by atoms with Gasteiger partial charge in [0.2, 0.25) is 0 Å². The summed E-state index contributed by atoms with van der Waals surface area (Å²) in [4.78, 5) is 17.0. The Labute approximate surface area is 202 Å². The molecule has 2 saturated heterocycles. The summed E-state index contributed by atoms with van der Waals surface area (Å²) in [5.41, 5.74) is 3.01. The quantitative estimate of drug-likeness (QED) is 0.575. The Balaban J connectivity index is 1.03. The largest absolute Gasteiger partial charge is 0.480 e. The normalized spacial score (nSPS) is 24.6. The Morgan fingerprint density at radius 2 is 1.82 bits per heavy atom. The van der Waals surface area contributed by atoms with Crippen molar-refractivity contribution >= 4 is 17.0 Å². The van der Waals surface area contributed by atoms with Crippen molar-refractivity contribution in [2.24, 2.45) is 17.8 Å². The van der Waals surface area contributed by atoms with E-state index in [-0.39, 0.29) is 6.04 Å². The zero-order valence-electron chi connectivity index (χ0n) is 20.4. The number of rotatable bonds is 9. The maximum atomic E-state index is 12.1. The van der Waals surface area contributed by atoms with E-state index < -0.39 is 5.97 Å². The van der Waals surface area contributed by atoms with Crippen molar-refractivity contribution in [1.82, 2.24) is 20.1 Å². The number of carboxylic acid groups (broad SMARTS) is 1. The molecule has 0 spiro atoms. The van der Waals surface area contributed by atoms with Crippen LogP contribution in [0.4, 0.5) is 0 Å². The first-order valence-corrected chi connectivity index (χ1v) is 13.6. The summed E-state index contributed by atoms with van der Waals surface area (Å²) >= 11 is 0. The average Bonchev–Trinajstić information content (AvgIpc) is 3.51. The number of aromatic nitrogens is 2. The molecular formula is C27H40N4O3. The van der Waals surface area contributed by atoms with Gasteiger partial charge < -0.3 is 10.0 Å². The number of likely N-dealkylation sites (tertiary alicyclic amines) is 2. The van der Waals surface area contributed by atoms with Crippen molar-refractivity contribution in [3.8, 4) is 0 Å². The van der Waals surface area contributed by atoms with E-state index in [0.29, 0.717) is 11.8 Å². The number of carbonyl (C=O) groups is 1. The van der Waals surface area contributed by atoms with Gasteiger partial charge in [0.1, 0.15) is 17.1 Å². The van der Waals surface area contributed by atoms with Gasteiger partial charge in [-0.25, -0.2) is 4.63 Å². The Morgan fingerprint density at radius 3 is 2.62 bits per heavy atom. The Bertz CT molecular complexity index is 933. The van der Waals surface area contributed by atoms with Crippen LogP contribution in [0.5, 0.6) is 0 Å². The molecule has 3 heterocycles. The molecule has 0 bridgehead atoms. The SMILES string of the molecule is O=C(O)C(C1CCCCC1)N1CCC(CN2CCC(CCCc3cccc4nonc34)CC2)C1. The fourth-order valence-electron chi connectivity index (χ4n) is 6.84. The van der Waals surface area contributed by atoms with E-state index in [1.165, 1.54) is 63.6 Å². The molecule has 7 heteroatoms. The van der Waals surface area contributed by atoms with Crippen LogP contribution in [0.1, 0.15) is 69.8 Å². The second kappa shape index (κ2) is 11.2. The van der Waals surface area contributed by atoms with Gasteiger partial charge >= 0.3 is 5.97 Å². The third kappa shape index (κ3) is 5.62. The van der Waals surface area contributed by atoms with E-state index in [9.17, 15) is 9.90 Å². The van der Waals surface area contributed by atoms with Gasteiger partial charge in [-0.15, -0.1) is 0 Å². The Morgan fingerprint density at radius 1 is 1.03 bits per heavy atom. The summed E-state index contributed by atoms with van der Waals surface area (Å²) in [6.07, 6.45) is 13.1. The van der Waals surface area contributed by atoms with Crippen LogP contribution in [0, 0.1) is 17.8 Å². The van der Waals surface area contributed by atoms with Crippen LogP contribution in [-0.2, 0) is 11.2 Å². The standard InChI is InChI=1S/C27H40N4O3/c32-27(33)26(23-7-2-1-3-8-23)31-17-14-21(19-31)18-30-15-12-20(13-16-30)6-4-9-22-10-5-11-24-25(22)29-34-28-24/h5,10-11,20-21,23,26H,1-4,6-9,12-19H2,(H,32,33). The number of aryl methyl sites for hydroxylation is 1. The predicted octanol–water partition coefficient (Wildman–Crippen LogP) is 4.61. The first-order chi connectivity index (χ1) is 16.7.